The normalized spacial score (nSPS) is 11.9. The van der Waals surface area contributed by atoms with Gasteiger partial charge >= 0.3 is 5.97 Å². The first-order chi connectivity index (χ1) is 8.08. The Balaban J connectivity index is 2.66. The van der Waals surface area contributed by atoms with Gasteiger partial charge in [0.15, 0.2) is 0 Å². The number of aliphatic carboxylic acids is 1. The van der Waals surface area contributed by atoms with Crippen LogP contribution in [0, 0.1) is 0 Å². The Morgan fingerprint density at radius 1 is 1.59 bits per heavy atom. The van der Waals surface area contributed by atoms with E-state index in [4.69, 9.17) is 21.4 Å². The van der Waals surface area contributed by atoms with Crippen molar-refractivity contribution in [2.75, 3.05) is 26.0 Å². The lowest BCUT2D eigenvalue weighted by molar-refractivity contribution is -0.138. The molecule has 3 N–H and O–H groups in total. The number of methoxy groups -OCH3 is 1. The summed E-state index contributed by atoms with van der Waals surface area (Å²) in [6.07, 6.45) is 0. The number of carbonyl (C=O) groups is 1. The van der Waals surface area contributed by atoms with Crippen molar-refractivity contribution in [3.63, 3.8) is 0 Å². The molecular formula is C11H15ClN2O3. The molecule has 6 heteroatoms. The maximum absolute atomic E-state index is 10.8. The third-order valence-electron chi connectivity index (χ3n) is 2.32. The topological polar surface area (TPSA) is 70.6 Å². The highest BCUT2D eigenvalue weighted by Crippen LogP contribution is 2.26. The van der Waals surface area contributed by atoms with E-state index in [1.165, 1.54) is 0 Å². The van der Waals surface area contributed by atoms with Crippen LogP contribution in [0.1, 0.15) is 0 Å². The van der Waals surface area contributed by atoms with Crippen molar-refractivity contribution in [1.82, 2.24) is 5.32 Å². The van der Waals surface area contributed by atoms with Crippen LogP contribution in [0.3, 0.4) is 0 Å². The molecular weight excluding hydrogens is 244 g/mol. The Morgan fingerprint density at radius 3 is 2.76 bits per heavy atom. The van der Waals surface area contributed by atoms with Crippen LogP contribution < -0.4 is 15.4 Å². The Kier molecular flexibility index (Phi) is 5.06. The van der Waals surface area contributed by atoms with Gasteiger partial charge in [0.25, 0.3) is 0 Å². The molecule has 1 atom stereocenters. The maximum atomic E-state index is 10.8. The Hall–Kier alpha value is -1.46. The third-order valence-corrected chi connectivity index (χ3v) is 2.63. The Labute approximate surface area is 105 Å². The van der Waals surface area contributed by atoms with Crippen molar-refractivity contribution in [3.8, 4) is 5.75 Å². The van der Waals surface area contributed by atoms with Gasteiger partial charge in [0.2, 0.25) is 0 Å². The second-order valence-electron chi connectivity index (χ2n) is 3.41. The lowest BCUT2D eigenvalue weighted by Gasteiger charge is -2.14. The fourth-order valence-electron chi connectivity index (χ4n) is 1.29. The molecule has 5 nitrogen and oxygen atoms in total. The van der Waals surface area contributed by atoms with Crippen LogP contribution in [-0.2, 0) is 4.79 Å². The van der Waals surface area contributed by atoms with Crippen LogP contribution in [0.4, 0.5) is 5.69 Å². The molecule has 0 aliphatic carbocycles. The molecule has 0 saturated carbocycles. The molecule has 1 aromatic carbocycles. The monoisotopic (exact) mass is 258 g/mol. The zero-order valence-electron chi connectivity index (χ0n) is 9.66. The average Bonchev–Trinajstić information content (AvgIpc) is 2.31. The molecule has 1 rings (SSSR count). The summed E-state index contributed by atoms with van der Waals surface area (Å²) in [5.74, 6) is -0.256. The van der Waals surface area contributed by atoms with E-state index in [-0.39, 0.29) is 6.54 Å². The highest BCUT2D eigenvalue weighted by molar-refractivity contribution is 6.33. The summed E-state index contributed by atoms with van der Waals surface area (Å²) in [7, 11) is 3.15. The van der Waals surface area contributed by atoms with E-state index < -0.39 is 12.0 Å². The fraction of sp³-hybridized carbons (Fsp3) is 0.364. The summed E-state index contributed by atoms with van der Waals surface area (Å²) in [6, 6.07) is 4.51. The molecule has 0 heterocycles. The number of hydrogen-bond donors (Lipinski definition) is 3. The molecule has 0 aliphatic rings. The summed E-state index contributed by atoms with van der Waals surface area (Å²) in [6.45, 7) is 0.248. The lowest BCUT2D eigenvalue weighted by Crippen LogP contribution is -2.39. The van der Waals surface area contributed by atoms with Crippen LogP contribution >= 0.6 is 11.6 Å². The van der Waals surface area contributed by atoms with E-state index in [0.717, 1.165) is 0 Å². The number of benzene rings is 1. The minimum Gasteiger partial charge on any atom is -0.497 e. The minimum atomic E-state index is -0.912. The van der Waals surface area contributed by atoms with Crippen LogP contribution in [0.5, 0.6) is 5.75 Å². The van der Waals surface area contributed by atoms with Gasteiger partial charge in [0, 0.05) is 12.6 Å². The van der Waals surface area contributed by atoms with Crippen molar-refractivity contribution in [2.24, 2.45) is 0 Å². The van der Waals surface area contributed by atoms with E-state index in [0.29, 0.717) is 16.5 Å². The summed E-state index contributed by atoms with van der Waals surface area (Å²) in [5.41, 5.74) is 0.675. The Bertz CT molecular complexity index is 398. The molecule has 94 valence electrons. The summed E-state index contributed by atoms with van der Waals surface area (Å²) in [5, 5.41) is 15.0. The quantitative estimate of drug-likeness (QED) is 0.720. The predicted molar refractivity (Wildman–Crippen MR) is 67.0 cm³/mol. The van der Waals surface area contributed by atoms with Gasteiger partial charge in [0.05, 0.1) is 17.8 Å². The molecule has 0 aromatic heterocycles. The Morgan fingerprint density at radius 2 is 2.29 bits per heavy atom. The first kappa shape index (κ1) is 13.6. The van der Waals surface area contributed by atoms with Gasteiger partial charge in [-0.3, -0.25) is 4.79 Å². The van der Waals surface area contributed by atoms with Crippen molar-refractivity contribution in [2.45, 2.75) is 6.04 Å². The average molecular weight is 259 g/mol. The van der Waals surface area contributed by atoms with Crippen molar-refractivity contribution < 1.29 is 14.6 Å². The molecule has 0 saturated heterocycles. The van der Waals surface area contributed by atoms with Crippen molar-refractivity contribution >= 4 is 23.3 Å². The van der Waals surface area contributed by atoms with E-state index in [9.17, 15) is 4.79 Å². The number of likely N-dealkylation sites (N-methyl/N-ethyl adjacent to an activating group) is 1. The number of rotatable bonds is 6. The van der Waals surface area contributed by atoms with Crippen LogP contribution in [0.25, 0.3) is 0 Å². The highest BCUT2D eigenvalue weighted by Gasteiger charge is 2.14. The molecule has 0 fully saturated rings. The molecule has 17 heavy (non-hydrogen) atoms. The van der Waals surface area contributed by atoms with Crippen molar-refractivity contribution in [1.29, 1.82) is 0 Å². The highest BCUT2D eigenvalue weighted by atomic mass is 35.5. The molecule has 0 bridgehead atoms. The van der Waals surface area contributed by atoms with Gasteiger partial charge in [-0.25, -0.2) is 0 Å². The molecule has 0 aliphatic heterocycles. The summed E-state index contributed by atoms with van der Waals surface area (Å²) in [4.78, 5) is 10.8. The standard InChI is InChI=1S/C11H15ClN2O3/c1-13-10(11(15)16)6-14-9-4-3-7(17-2)5-8(9)12/h3-5,10,13-14H,6H2,1-2H3,(H,15,16). The van der Waals surface area contributed by atoms with Crippen LogP contribution in [-0.4, -0.2) is 37.8 Å². The number of hydrogen-bond acceptors (Lipinski definition) is 4. The largest absolute Gasteiger partial charge is 0.497 e. The van der Waals surface area contributed by atoms with Crippen molar-refractivity contribution in [3.05, 3.63) is 23.2 Å². The van der Waals surface area contributed by atoms with Gasteiger partial charge in [-0.05, 0) is 19.2 Å². The van der Waals surface area contributed by atoms with Gasteiger partial charge in [-0.1, -0.05) is 11.6 Å². The summed E-state index contributed by atoms with van der Waals surface area (Å²) < 4.78 is 5.02. The van der Waals surface area contributed by atoms with Gasteiger partial charge in [-0.2, -0.15) is 0 Å². The molecule has 0 radical (unpaired) electrons. The zero-order valence-corrected chi connectivity index (χ0v) is 10.4. The third kappa shape index (κ3) is 3.80. The number of carboxylic acids is 1. The number of anilines is 1. The molecule has 1 aromatic rings. The van der Waals surface area contributed by atoms with Gasteiger partial charge < -0.3 is 20.5 Å². The SMILES string of the molecule is CNC(CNc1ccc(OC)cc1Cl)C(=O)O. The fourth-order valence-corrected chi connectivity index (χ4v) is 1.53. The lowest BCUT2D eigenvalue weighted by atomic mass is 10.2. The second-order valence-corrected chi connectivity index (χ2v) is 3.81. The van der Waals surface area contributed by atoms with Gasteiger partial charge in [0.1, 0.15) is 11.8 Å². The summed E-state index contributed by atoms with van der Waals surface area (Å²) >= 11 is 6.00. The maximum Gasteiger partial charge on any atom is 0.322 e. The zero-order chi connectivity index (χ0) is 12.8. The van der Waals surface area contributed by atoms with E-state index in [1.807, 2.05) is 0 Å². The first-order valence-corrected chi connectivity index (χ1v) is 5.43. The van der Waals surface area contributed by atoms with Gasteiger partial charge in [-0.15, -0.1) is 0 Å². The van der Waals surface area contributed by atoms with E-state index in [1.54, 1.807) is 32.4 Å². The van der Waals surface area contributed by atoms with Crippen LogP contribution in [0.2, 0.25) is 5.02 Å². The predicted octanol–water partition coefficient (Wildman–Crippen LogP) is 1.43. The number of nitrogens with one attached hydrogen (secondary N) is 2. The van der Waals surface area contributed by atoms with E-state index in [2.05, 4.69) is 10.6 Å². The molecule has 0 spiro atoms. The molecule has 0 amide bonds. The first-order valence-electron chi connectivity index (χ1n) is 5.06. The second kappa shape index (κ2) is 6.32. The minimum absolute atomic E-state index is 0.248. The number of ether oxygens (including phenoxy) is 1. The van der Waals surface area contributed by atoms with Crippen LogP contribution in [0.15, 0.2) is 18.2 Å². The molecule has 1 unspecified atom stereocenters. The van der Waals surface area contributed by atoms with E-state index >= 15 is 0 Å². The smallest absolute Gasteiger partial charge is 0.322 e. The number of carboxylic acid groups (broad SMARTS) is 1. The number of halogens is 1.